The Balaban J connectivity index is 1.96. The molecule has 0 spiro atoms. The van der Waals surface area contributed by atoms with Crippen LogP contribution in [0.5, 0.6) is 0 Å². The Morgan fingerprint density at radius 1 is 1.27 bits per heavy atom. The second-order valence-corrected chi connectivity index (χ2v) is 4.80. The van der Waals surface area contributed by atoms with Gasteiger partial charge in [0, 0.05) is 6.04 Å². The summed E-state index contributed by atoms with van der Waals surface area (Å²) in [7, 11) is 2.08. The summed E-state index contributed by atoms with van der Waals surface area (Å²) in [6.07, 6.45) is 5.36. The van der Waals surface area contributed by atoms with Crippen molar-refractivity contribution in [2.75, 3.05) is 7.05 Å². The molecule has 2 rings (SSSR count). The van der Waals surface area contributed by atoms with E-state index in [1.54, 1.807) is 5.56 Å². The zero-order valence-electron chi connectivity index (χ0n) is 9.79. The topological polar surface area (TPSA) is 12.0 Å². The number of hydrogen-bond donors (Lipinski definition) is 1. The molecule has 1 saturated carbocycles. The molecule has 0 aromatic heterocycles. The number of benzene rings is 1. The Morgan fingerprint density at radius 2 is 2.07 bits per heavy atom. The summed E-state index contributed by atoms with van der Waals surface area (Å²) in [4.78, 5) is 0. The van der Waals surface area contributed by atoms with Crippen molar-refractivity contribution in [1.82, 2.24) is 5.32 Å². The molecule has 0 aliphatic heterocycles. The van der Waals surface area contributed by atoms with Gasteiger partial charge in [0.25, 0.3) is 0 Å². The lowest BCUT2D eigenvalue weighted by molar-refractivity contribution is 0.509. The largest absolute Gasteiger partial charge is 0.317 e. The van der Waals surface area contributed by atoms with E-state index in [1.807, 2.05) is 0 Å². The second-order valence-electron chi connectivity index (χ2n) is 4.80. The highest BCUT2D eigenvalue weighted by Gasteiger charge is 2.23. The number of rotatable bonds is 3. The summed E-state index contributed by atoms with van der Waals surface area (Å²) in [6, 6.07) is 9.55. The molecule has 1 aromatic carbocycles. The van der Waals surface area contributed by atoms with Gasteiger partial charge in [-0.15, -0.1) is 0 Å². The Labute approximate surface area is 92.9 Å². The minimum Gasteiger partial charge on any atom is -0.317 e. The molecule has 1 heteroatoms. The third-order valence-corrected chi connectivity index (χ3v) is 3.72. The van der Waals surface area contributed by atoms with Crippen LogP contribution in [0.1, 0.15) is 30.4 Å². The summed E-state index contributed by atoms with van der Waals surface area (Å²) >= 11 is 0. The van der Waals surface area contributed by atoms with Gasteiger partial charge in [-0.3, -0.25) is 0 Å². The van der Waals surface area contributed by atoms with Crippen molar-refractivity contribution in [1.29, 1.82) is 0 Å². The first-order valence-electron chi connectivity index (χ1n) is 6.01. The number of aryl methyl sites for hydroxylation is 1. The molecule has 1 nitrogen and oxygen atoms in total. The summed E-state index contributed by atoms with van der Waals surface area (Å²) in [5, 5.41) is 3.39. The Morgan fingerprint density at radius 3 is 2.73 bits per heavy atom. The van der Waals surface area contributed by atoms with Gasteiger partial charge in [-0.05, 0) is 56.7 Å². The fourth-order valence-corrected chi connectivity index (χ4v) is 2.67. The highest BCUT2D eigenvalue weighted by molar-refractivity contribution is 5.26. The first-order chi connectivity index (χ1) is 7.29. The SMILES string of the molecule is CNC1CCC(Cc2ccccc2C)C1. The van der Waals surface area contributed by atoms with Crippen LogP contribution in [0.3, 0.4) is 0 Å². The molecule has 0 amide bonds. The second kappa shape index (κ2) is 4.80. The molecular weight excluding hydrogens is 182 g/mol. The van der Waals surface area contributed by atoms with Crippen molar-refractivity contribution >= 4 is 0 Å². The summed E-state index contributed by atoms with van der Waals surface area (Å²) in [5.74, 6) is 0.892. The molecule has 15 heavy (non-hydrogen) atoms. The molecule has 1 aromatic rings. The van der Waals surface area contributed by atoms with E-state index < -0.39 is 0 Å². The molecule has 1 fully saturated rings. The zero-order valence-corrected chi connectivity index (χ0v) is 9.79. The van der Waals surface area contributed by atoms with Gasteiger partial charge in [-0.2, -0.15) is 0 Å². The average molecular weight is 203 g/mol. The van der Waals surface area contributed by atoms with E-state index in [0.29, 0.717) is 0 Å². The minimum absolute atomic E-state index is 0.763. The van der Waals surface area contributed by atoms with Crippen LogP contribution in [0.2, 0.25) is 0 Å². The van der Waals surface area contributed by atoms with Crippen LogP contribution in [0, 0.1) is 12.8 Å². The maximum absolute atomic E-state index is 3.39. The molecule has 2 atom stereocenters. The van der Waals surface area contributed by atoms with Crippen LogP contribution in [0.4, 0.5) is 0 Å². The van der Waals surface area contributed by atoms with Gasteiger partial charge >= 0.3 is 0 Å². The van der Waals surface area contributed by atoms with Crippen LogP contribution in [0.25, 0.3) is 0 Å². The molecule has 0 heterocycles. The molecule has 1 aliphatic rings. The lowest BCUT2D eigenvalue weighted by Crippen LogP contribution is -2.21. The Bertz CT molecular complexity index is 319. The first kappa shape index (κ1) is 10.7. The minimum atomic E-state index is 0.763. The van der Waals surface area contributed by atoms with E-state index >= 15 is 0 Å². The normalized spacial score (nSPS) is 25.7. The molecule has 1 aliphatic carbocycles. The maximum atomic E-state index is 3.39. The van der Waals surface area contributed by atoms with Crippen molar-refractivity contribution in [3.05, 3.63) is 35.4 Å². The zero-order chi connectivity index (χ0) is 10.7. The Kier molecular flexibility index (Phi) is 3.42. The molecule has 82 valence electrons. The monoisotopic (exact) mass is 203 g/mol. The summed E-state index contributed by atoms with van der Waals surface area (Å²) < 4.78 is 0. The van der Waals surface area contributed by atoms with Gasteiger partial charge < -0.3 is 5.32 Å². The van der Waals surface area contributed by atoms with Gasteiger partial charge in [0.15, 0.2) is 0 Å². The average Bonchev–Trinajstić information content (AvgIpc) is 2.69. The van der Waals surface area contributed by atoms with Gasteiger partial charge in [-0.1, -0.05) is 24.3 Å². The van der Waals surface area contributed by atoms with Gasteiger partial charge in [0.05, 0.1) is 0 Å². The van der Waals surface area contributed by atoms with Gasteiger partial charge in [-0.25, -0.2) is 0 Å². The maximum Gasteiger partial charge on any atom is 0.00669 e. The predicted octanol–water partition coefficient (Wildman–Crippen LogP) is 2.93. The standard InChI is InChI=1S/C14H21N/c1-11-5-3-4-6-13(11)9-12-7-8-14(10-12)15-2/h3-6,12,14-15H,7-10H2,1-2H3. The third-order valence-electron chi connectivity index (χ3n) is 3.72. The van der Waals surface area contributed by atoms with E-state index in [9.17, 15) is 0 Å². The van der Waals surface area contributed by atoms with Crippen LogP contribution in [-0.4, -0.2) is 13.1 Å². The molecular formula is C14H21N. The van der Waals surface area contributed by atoms with Crippen LogP contribution in [-0.2, 0) is 6.42 Å². The number of hydrogen-bond acceptors (Lipinski definition) is 1. The van der Waals surface area contributed by atoms with E-state index in [2.05, 4.69) is 43.6 Å². The van der Waals surface area contributed by atoms with Crippen LogP contribution >= 0.6 is 0 Å². The summed E-state index contributed by atoms with van der Waals surface area (Å²) in [6.45, 7) is 2.22. The van der Waals surface area contributed by atoms with Crippen LogP contribution in [0.15, 0.2) is 24.3 Å². The van der Waals surface area contributed by atoms with Crippen molar-refractivity contribution in [2.24, 2.45) is 5.92 Å². The predicted molar refractivity (Wildman–Crippen MR) is 65.1 cm³/mol. The van der Waals surface area contributed by atoms with Crippen molar-refractivity contribution in [3.63, 3.8) is 0 Å². The first-order valence-corrected chi connectivity index (χ1v) is 6.01. The van der Waals surface area contributed by atoms with Gasteiger partial charge in [0.2, 0.25) is 0 Å². The number of nitrogens with one attached hydrogen (secondary N) is 1. The summed E-state index contributed by atoms with van der Waals surface area (Å²) in [5.41, 5.74) is 2.99. The van der Waals surface area contributed by atoms with Crippen molar-refractivity contribution in [3.8, 4) is 0 Å². The highest BCUT2D eigenvalue weighted by Crippen LogP contribution is 2.29. The quantitative estimate of drug-likeness (QED) is 0.796. The van der Waals surface area contributed by atoms with E-state index in [0.717, 1.165) is 12.0 Å². The molecule has 0 saturated heterocycles. The lowest BCUT2D eigenvalue weighted by atomic mass is 9.95. The van der Waals surface area contributed by atoms with E-state index in [4.69, 9.17) is 0 Å². The molecule has 0 radical (unpaired) electrons. The highest BCUT2D eigenvalue weighted by atomic mass is 14.9. The lowest BCUT2D eigenvalue weighted by Gasteiger charge is -2.12. The fourth-order valence-electron chi connectivity index (χ4n) is 2.67. The Hall–Kier alpha value is -0.820. The molecule has 0 bridgehead atoms. The third kappa shape index (κ3) is 2.60. The van der Waals surface area contributed by atoms with E-state index in [-0.39, 0.29) is 0 Å². The van der Waals surface area contributed by atoms with Gasteiger partial charge in [0.1, 0.15) is 0 Å². The molecule has 2 unspecified atom stereocenters. The van der Waals surface area contributed by atoms with Crippen molar-refractivity contribution < 1.29 is 0 Å². The van der Waals surface area contributed by atoms with E-state index in [1.165, 1.54) is 31.2 Å². The smallest absolute Gasteiger partial charge is 0.00669 e. The molecule has 1 N–H and O–H groups in total. The fraction of sp³-hybridized carbons (Fsp3) is 0.571. The van der Waals surface area contributed by atoms with Crippen molar-refractivity contribution in [2.45, 2.75) is 38.6 Å². The van der Waals surface area contributed by atoms with Crippen LogP contribution < -0.4 is 5.32 Å².